The van der Waals surface area contributed by atoms with E-state index in [9.17, 15) is 19.5 Å². The van der Waals surface area contributed by atoms with Gasteiger partial charge in [0.15, 0.2) is 0 Å². The van der Waals surface area contributed by atoms with Crippen molar-refractivity contribution in [2.24, 2.45) is 0 Å². The van der Waals surface area contributed by atoms with Crippen molar-refractivity contribution < 1.29 is 33.4 Å². The summed E-state index contributed by atoms with van der Waals surface area (Å²) in [5.74, 6) is -1.05. The summed E-state index contributed by atoms with van der Waals surface area (Å²) in [5, 5.41) is 9.63. The van der Waals surface area contributed by atoms with Gasteiger partial charge in [-0.15, -0.1) is 0 Å². The van der Waals surface area contributed by atoms with Gasteiger partial charge in [0.2, 0.25) is 0 Å². The van der Waals surface area contributed by atoms with Gasteiger partial charge in [-0.05, 0) is 68.4 Å². The topological polar surface area (TPSA) is 110 Å². The molecule has 0 saturated carbocycles. The molecule has 0 radical (unpaired) electrons. The molecule has 41 heavy (non-hydrogen) atoms. The molecule has 0 bridgehead atoms. The number of likely N-dealkylation sites (tertiary alicyclic amines) is 1. The summed E-state index contributed by atoms with van der Waals surface area (Å²) in [6.07, 6.45) is 2.15. The zero-order valence-corrected chi connectivity index (χ0v) is 23.7. The molecular formula is C32H36N2O7. The average Bonchev–Trinajstić information content (AvgIpc) is 3.43. The van der Waals surface area contributed by atoms with Gasteiger partial charge in [-0.2, -0.15) is 0 Å². The largest absolute Gasteiger partial charge is 0.478 e. The predicted octanol–water partition coefficient (Wildman–Crippen LogP) is 6.52. The summed E-state index contributed by atoms with van der Waals surface area (Å²) in [6.45, 7) is 6.48. The molecule has 1 atom stereocenters. The molecule has 1 aliphatic heterocycles. The third-order valence-corrected chi connectivity index (χ3v) is 7.65. The van der Waals surface area contributed by atoms with Gasteiger partial charge in [0.25, 0.3) is 0 Å². The summed E-state index contributed by atoms with van der Waals surface area (Å²) >= 11 is 0. The summed E-state index contributed by atoms with van der Waals surface area (Å²) in [7, 11) is 0. The standard InChI is InChI=1S/C32H36N2O7/c1-32(2,3)41-30(37)33-16-8-9-21(14-17-33)34(19-28-26(29(35)36)15-18-39-28)31(38)40-20-27-24-12-6-4-10-22(24)23-11-5-7-13-25(23)27/h4-7,10-13,15,18,21,27H,8-9,14,16-17,19-20H2,1-3H3,(H,35,36). The van der Waals surface area contributed by atoms with Crippen LogP contribution in [0.25, 0.3) is 11.1 Å². The Kier molecular flexibility index (Phi) is 8.06. The first-order chi connectivity index (χ1) is 19.6. The minimum atomic E-state index is -1.13. The van der Waals surface area contributed by atoms with Crippen LogP contribution in [0.2, 0.25) is 0 Å². The van der Waals surface area contributed by atoms with Gasteiger partial charge in [-0.3, -0.25) is 4.90 Å². The number of amides is 2. The lowest BCUT2D eigenvalue weighted by atomic mass is 9.98. The van der Waals surface area contributed by atoms with Crippen LogP contribution in [-0.2, 0) is 16.0 Å². The third kappa shape index (κ3) is 6.24. The number of furan rings is 1. The first-order valence-electron chi connectivity index (χ1n) is 14.0. The van der Waals surface area contributed by atoms with Gasteiger partial charge in [0, 0.05) is 25.0 Å². The van der Waals surface area contributed by atoms with Gasteiger partial charge in [0.1, 0.15) is 23.5 Å². The molecule has 2 amide bonds. The monoisotopic (exact) mass is 560 g/mol. The number of rotatable bonds is 6. The Hall–Kier alpha value is -4.27. The molecule has 0 spiro atoms. The molecule has 2 aliphatic rings. The van der Waals surface area contributed by atoms with Crippen molar-refractivity contribution in [2.45, 2.75) is 64.1 Å². The fourth-order valence-corrected chi connectivity index (χ4v) is 5.73. The van der Waals surface area contributed by atoms with Crippen LogP contribution >= 0.6 is 0 Å². The number of aromatic carboxylic acids is 1. The summed E-state index contributed by atoms with van der Waals surface area (Å²) in [6, 6.07) is 17.3. The van der Waals surface area contributed by atoms with Crippen molar-refractivity contribution in [3.05, 3.63) is 83.3 Å². The van der Waals surface area contributed by atoms with Gasteiger partial charge < -0.3 is 23.9 Å². The second kappa shape index (κ2) is 11.7. The number of carbonyl (C=O) groups is 3. The number of benzene rings is 2. The molecule has 1 N–H and O–H groups in total. The fraction of sp³-hybridized carbons (Fsp3) is 0.406. The Bertz CT molecular complexity index is 1380. The fourth-order valence-electron chi connectivity index (χ4n) is 5.73. The van der Waals surface area contributed by atoms with E-state index in [4.69, 9.17) is 13.9 Å². The van der Waals surface area contributed by atoms with Crippen molar-refractivity contribution in [1.29, 1.82) is 0 Å². The second-order valence-electron chi connectivity index (χ2n) is 11.5. The maximum absolute atomic E-state index is 13.8. The smallest absolute Gasteiger partial charge is 0.410 e. The maximum atomic E-state index is 13.8. The van der Waals surface area contributed by atoms with E-state index >= 15 is 0 Å². The van der Waals surface area contributed by atoms with Gasteiger partial charge in [0.05, 0.1) is 12.8 Å². The molecule has 2 heterocycles. The lowest BCUT2D eigenvalue weighted by Crippen LogP contribution is -2.42. The number of ether oxygens (including phenoxy) is 2. The van der Waals surface area contributed by atoms with E-state index in [1.165, 1.54) is 12.3 Å². The highest BCUT2D eigenvalue weighted by atomic mass is 16.6. The summed E-state index contributed by atoms with van der Waals surface area (Å²) in [5.41, 5.74) is 3.88. The highest BCUT2D eigenvalue weighted by Gasteiger charge is 2.34. The Morgan fingerprint density at radius 2 is 1.63 bits per heavy atom. The number of carboxylic acid groups (broad SMARTS) is 1. The lowest BCUT2D eigenvalue weighted by Gasteiger charge is -2.31. The number of nitrogens with zero attached hydrogens (tertiary/aromatic N) is 2. The van der Waals surface area contributed by atoms with Crippen LogP contribution in [0.5, 0.6) is 0 Å². The van der Waals surface area contributed by atoms with E-state index < -0.39 is 17.7 Å². The van der Waals surface area contributed by atoms with Crippen LogP contribution in [-0.4, -0.2) is 64.4 Å². The average molecular weight is 561 g/mol. The van der Waals surface area contributed by atoms with Crippen LogP contribution < -0.4 is 0 Å². The lowest BCUT2D eigenvalue weighted by molar-refractivity contribution is 0.0251. The first kappa shape index (κ1) is 28.3. The summed E-state index contributed by atoms with van der Waals surface area (Å²) < 4.78 is 17.0. The van der Waals surface area contributed by atoms with Crippen molar-refractivity contribution in [1.82, 2.24) is 9.80 Å². The van der Waals surface area contributed by atoms with Crippen molar-refractivity contribution in [2.75, 3.05) is 19.7 Å². The molecular weight excluding hydrogens is 524 g/mol. The van der Waals surface area contributed by atoms with Crippen LogP contribution in [0, 0.1) is 0 Å². The van der Waals surface area contributed by atoms with Gasteiger partial charge >= 0.3 is 18.2 Å². The quantitative estimate of drug-likeness (QED) is 0.366. The number of carboxylic acids is 1. The van der Waals surface area contributed by atoms with E-state index in [1.54, 1.807) is 9.80 Å². The molecule has 1 unspecified atom stereocenters. The number of carbonyl (C=O) groups excluding carboxylic acids is 2. The van der Waals surface area contributed by atoms with E-state index in [2.05, 4.69) is 24.3 Å². The Balaban J connectivity index is 1.35. The Morgan fingerprint density at radius 3 is 2.27 bits per heavy atom. The van der Waals surface area contributed by atoms with Crippen LogP contribution in [0.15, 0.2) is 65.3 Å². The van der Waals surface area contributed by atoms with E-state index in [0.29, 0.717) is 32.4 Å². The van der Waals surface area contributed by atoms with Crippen molar-refractivity contribution in [3.8, 4) is 11.1 Å². The summed E-state index contributed by atoms with van der Waals surface area (Å²) in [4.78, 5) is 41.5. The molecule has 1 aliphatic carbocycles. The van der Waals surface area contributed by atoms with Crippen molar-refractivity contribution >= 4 is 18.2 Å². The zero-order chi connectivity index (χ0) is 29.1. The predicted molar refractivity (Wildman–Crippen MR) is 152 cm³/mol. The molecule has 1 fully saturated rings. The number of hydrogen-bond acceptors (Lipinski definition) is 6. The number of fused-ring (bicyclic) bond motifs is 3. The van der Waals surface area contributed by atoms with E-state index in [-0.39, 0.29) is 42.5 Å². The third-order valence-electron chi connectivity index (χ3n) is 7.65. The number of hydrogen-bond donors (Lipinski definition) is 1. The van der Waals surface area contributed by atoms with E-state index in [1.807, 2.05) is 45.0 Å². The molecule has 9 nitrogen and oxygen atoms in total. The first-order valence-corrected chi connectivity index (χ1v) is 14.0. The van der Waals surface area contributed by atoms with Crippen LogP contribution in [0.4, 0.5) is 9.59 Å². The molecule has 1 aromatic heterocycles. The molecule has 216 valence electrons. The Labute approximate surface area is 239 Å². The van der Waals surface area contributed by atoms with E-state index in [0.717, 1.165) is 22.3 Å². The van der Waals surface area contributed by atoms with Gasteiger partial charge in [-0.25, -0.2) is 14.4 Å². The minimum absolute atomic E-state index is 0.00505. The van der Waals surface area contributed by atoms with Gasteiger partial charge in [-0.1, -0.05) is 48.5 Å². The highest BCUT2D eigenvalue weighted by Crippen LogP contribution is 2.44. The molecule has 3 aromatic rings. The van der Waals surface area contributed by atoms with Crippen molar-refractivity contribution in [3.63, 3.8) is 0 Å². The minimum Gasteiger partial charge on any atom is -0.478 e. The molecule has 1 saturated heterocycles. The highest BCUT2D eigenvalue weighted by molar-refractivity contribution is 5.88. The maximum Gasteiger partial charge on any atom is 0.410 e. The second-order valence-corrected chi connectivity index (χ2v) is 11.5. The van der Waals surface area contributed by atoms with Crippen LogP contribution in [0.1, 0.15) is 73.2 Å². The zero-order valence-electron chi connectivity index (χ0n) is 23.7. The Morgan fingerprint density at radius 1 is 0.976 bits per heavy atom. The molecule has 2 aromatic carbocycles. The van der Waals surface area contributed by atoms with Crippen LogP contribution in [0.3, 0.4) is 0 Å². The SMILES string of the molecule is CC(C)(C)OC(=O)N1CCCC(N(Cc2occc2C(=O)O)C(=O)OCC2c3ccccc3-c3ccccc32)CC1. The molecule has 9 heteroatoms. The normalized spacial score (nSPS) is 16.9. The molecule has 5 rings (SSSR count).